The fraction of sp³-hybridized carbons (Fsp3) is 0.333. The highest BCUT2D eigenvalue weighted by Crippen LogP contribution is 2.22. The summed E-state index contributed by atoms with van der Waals surface area (Å²) in [6.07, 6.45) is 2.75. The predicted molar refractivity (Wildman–Crippen MR) is 93.5 cm³/mol. The van der Waals surface area contributed by atoms with Gasteiger partial charge in [-0.3, -0.25) is 4.79 Å². The van der Waals surface area contributed by atoms with Gasteiger partial charge in [0.25, 0.3) is 5.91 Å². The third-order valence-electron chi connectivity index (χ3n) is 3.70. The molecule has 0 saturated carbocycles. The van der Waals surface area contributed by atoms with Gasteiger partial charge in [-0.15, -0.1) is 11.8 Å². The van der Waals surface area contributed by atoms with Gasteiger partial charge in [-0.25, -0.2) is 4.98 Å². The van der Waals surface area contributed by atoms with E-state index in [0.29, 0.717) is 5.56 Å². The van der Waals surface area contributed by atoms with Crippen LogP contribution in [-0.2, 0) is 0 Å². The number of amides is 1. The highest BCUT2D eigenvalue weighted by atomic mass is 32.2. The van der Waals surface area contributed by atoms with Crippen LogP contribution in [0.15, 0.2) is 53.7 Å². The third-order valence-corrected chi connectivity index (χ3v) is 4.36. The van der Waals surface area contributed by atoms with Crippen molar-refractivity contribution >= 4 is 17.7 Å². The summed E-state index contributed by atoms with van der Waals surface area (Å²) in [4.78, 5) is 16.6. The SMILES string of the molecule is CSc1ccc(C(=O)N[C@@H](C(C)C)[C@@H](O)c2ccccc2)cn1. The molecule has 2 atom stereocenters. The fourth-order valence-electron chi connectivity index (χ4n) is 2.34. The summed E-state index contributed by atoms with van der Waals surface area (Å²) in [6, 6.07) is 12.6. The number of rotatable bonds is 6. The standard InChI is InChI=1S/C18H22N2O2S/c1-12(2)16(17(21)13-7-5-4-6-8-13)20-18(22)14-9-10-15(23-3)19-11-14/h4-12,16-17,21H,1-3H3,(H,20,22)/t16-,17-/m0/s1. The van der Waals surface area contributed by atoms with Gasteiger partial charge in [-0.1, -0.05) is 44.2 Å². The fourth-order valence-corrected chi connectivity index (χ4v) is 2.70. The topological polar surface area (TPSA) is 62.2 Å². The van der Waals surface area contributed by atoms with Crippen molar-refractivity contribution in [1.82, 2.24) is 10.3 Å². The maximum Gasteiger partial charge on any atom is 0.253 e. The lowest BCUT2D eigenvalue weighted by atomic mass is 9.93. The van der Waals surface area contributed by atoms with E-state index in [0.717, 1.165) is 10.6 Å². The Morgan fingerprint density at radius 2 is 1.87 bits per heavy atom. The van der Waals surface area contributed by atoms with Crippen LogP contribution in [0.1, 0.15) is 35.9 Å². The molecule has 0 bridgehead atoms. The summed E-state index contributed by atoms with van der Waals surface area (Å²) in [7, 11) is 0. The van der Waals surface area contributed by atoms with Crippen LogP contribution in [0.25, 0.3) is 0 Å². The van der Waals surface area contributed by atoms with Gasteiger partial charge < -0.3 is 10.4 Å². The van der Waals surface area contributed by atoms with E-state index in [1.54, 1.807) is 12.3 Å². The van der Waals surface area contributed by atoms with Gasteiger partial charge in [0.1, 0.15) is 0 Å². The van der Waals surface area contributed by atoms with Crippen molar-refractivity contribution < 1.29 is 9.90 Å². The number of carbonyl (C=O) groups is 1. The minimum absolute atomic E-state index is 0.0904. The quantitative estimate of drug-likeness (QED) is 0.798. The molecule has 0 aliphatic heterocycles. The molecule has 0 spiro atoms. The van der Waals surface area contributed by atoms with Crippen LogP contribution in [0.2, 0.25) is 0 Å². The number of nitrogens with one attached hydrogen (secondary N) is 1. The summed E-state index contributed by atoms with van der Waals surface area (Å²) in [5.74, 6) is -0.133. The second-order valence-corrected chi connectivity index (χ2v) is 6.51. The number of nitrogens with zero attached hydrogens (tertiary/aromatic N) is 1. The van der Waals surface area contributed by atoms with Crippen molar-refractivity contribution in [1.29, 1.82) is 0 Å². The lowest BCUT2D eigenvalue weighted by Gasteiger charge is -2.27. The highest BCUT2D eigenvalue weighted by Gasteiger charge is 2.26. The first-order valence-corrected chi connectivity index (χ1v) is 8.79. The minimum Gasteiger partial charge on any atom is -0.386 e. The monoisotopic (exact) mass is 330 g/mol. The molecular weight excluding hydrogens is 308 g/mol. The van der Waals surface area contributed by atoms with E-state index in [9.17, 15) is 9.90 Å². The van der Waals surface area contributed by atoms with Crippen LogP contribution < -0.4 is 5.32 Å². The third kappa shape index (κ3) is 4.56. The predicted octanol–water partition coefficient (Wildman–Crippen LogP) is 3.29. The normalized spacial score (nSPS) is 13.6. The molecule has 1 heterocycles. The lowest BCUT2D eigenvalue weighted by molar-refractivity contribution is 0.0759. The van der Waals surface area contributed by atoms with E-state index in [-0.39, 0.29) is 17.9 Å². The lowest BCUT2D eigenvalue weighted by Crippen LogP contribution is -2.43. The smallest absolute Gasteiger partial charge is 0.253 e. The van der Waals surface area contributed by atoms with Gasteiger partial charge in [0.2, 0.25) is 0 Å². The number of aliphatic hydroxyl groups excluding tert-OH is 1. The van der Waals surface area contributed by atoms with E-state index in [1.165, 1.54) is 11.8 Å². The van der Waals surface area contributed by atoms with Crippen molar-refractivity contribution in [2.24, 2.45) is 5.92 Å². The molecule has 122 valence electrons. The largest absolute Gasteiger partial charge is 0.386 e. The highest BCUT2D eigenvalue weighted by molar-refractivity contribution is 7.98. The Hall–Kier alpha value is -1.85. The molecule has 4 nitrogen and oxygen atoms in total. The average Bonchev–Trinajstić information content (AvgIpc) is 2.59. The minimum atomic E-state index is -0.751. The molecule has 0 saturated heterocycles. The second-order valence-electron chi connectivity index (χ2n) is 5.69. The van der Waals surface area contributed by atoms with Crippen LogP contribution >= 0.6 is 11.8 Å². The first-order chi connectivity index (χ1) is 11.0. The van der Waals surface area contributed by atoms with Gasteiger partial charge in [-0.05, 0) is 29.9 Å². The van der Waals surface area contributed by atoms with Crippen molar-refractivity contribution in [2.75, 3.05) is 6.26 Å². The molecule has 2 N–H and O–H groups in total. The Morgan fingerprint density at radius 1 is 1.17 bits per heavy atom. The number of aromatic nitrogens is 1. The number of aliphatic hydroxyl groups is 1. The number of hydrogen-bond acceptors (Lipinski definition) is 4. The zero-order chi connectivity index (χ0) is 16.8. The Kier molecular flexibility index (Phi) is 6.19. The molecule has 2 aromatic rings. The van der Waals surface area contributed by atoms with Crippen LogP contribution in [0.4, 0.5) is 0 Å². The van der Waals surface area contributed by atoms with Crippen molar-refractivity contribution in [3.05, 3.63) is 59.8 Å². The van der Waals surface area contributed by atoms with Crippen LogP contribution in [0.3, 0.4) is 0 Å². The molecule has 5 heteroatoms. The van der Waals surface area contributed by atoms with E-state index < -0.39 is 6.10 Å². The number of hydrogen-bond donors (Lipinski definition) is 2. The number of thioether (sulfide) groups is 1. The Balaban J connectivity index is 2.13. The van der Waals surface area contributed by atoms with Crippen LogP contribution in [0, 0.1) is 5.92 Å². The molecule has 1 aromatic carbocycles. The van der Waals surface area contributed by atoms with Gasteiger partial charge in [-0.2, -0.15) is 0 Å². The molecular formula is C18H22N2O2S. The molecule has 0 unspecified atom stereocenters. The summed E-state index contributed by atoms with van der Waals surface area (Å²) in [5, 5.41) is 14.4. The average molecular weight is 330 g/mol. The Morgan fingerprint density at radius 3 is 2.39 bits per heavy atom. The van der Waals surface area contributed by atoms with Gasteiger partial charge in [0.15, 0.2) is 0 Å². The molecule has 0 fully saturated rings. The maximum absolute atomic E-state index is 12.4. The molecule has 1 amide bonds. The van der Waals surface area contributed by atoms with Gasteiger partial charge >= 0.3 is 0 Å². The van der Waals surface area contributed by atoms with Gasteiger partial charge in [0.05, 0.1) is 22.7 Å². The zero-order valence-electron chi connectivity index (χ0n) is 13.6. The zero-order valence-corrected chi connectivity index (χ0v) is 14.4. The summed E-state index contributed by atoms with van der Waals surface area (Å²) in [5.41, 5.74) is 1.29. The molecule has 0 aliphatic carbocycles. The first-order valence-electron chi connectivity index (χ1n) is 7.57. The van der Waals surface area contributed by atoms with Crippen LogP contribution in [-0.4, -0.2) is 28.3 Å². The van der Waals surface area contributed by atoms with E-state index in [1.807, 2.05) is 56.5 Å². The number of benzene rings is 1. The Labute approximate surface area is 141 Å². The number of carbonyl (C=O) groups excluding carboxylic acids is 1. The Bertz CT molecular complexity index is 629. The van der Waals surface area contributed by atoms with Crippen molar-refractivity contribution in [3.8, 4) is 0 Å². The second kappa shape index (κ2) is 8.13. The first kappa shape index (κ1) is 17.5. The molecule has 0 aliphatic rings. The molecule has 1 aromatic heterocycles. The van der Waals surface area contributed by atoms with Crippen LogP contribution in [0.5, 0.6) is 0 Å². The molecule has 23 heavy (non-hydrogen) atoms. The van der Waals surface area contributed by atoms with Crippen molar-refractivity contribution in [2.45, 2.75) is 31.0 Å². The summed E-state index contributed by atoms with van der Waals surface area (Å²) >= 11 is 1.53. The number of pyridine rings is 1. The maximum atomic E-state index is 12.4. The van der Waals surface area contributed by atoms with Gasteiger partial charge in [0, 0.05) is 6.20 Å². The van der Waals surface area contributed by atoms with E-state index in [2.05, 4.69) is 10.3 Å². The van der Waals surface area contributed by atoms with E-state index in [4.69, 9.17) is 0 Å². The van der Waals surface area contributed by atoms with E-state index >= 15 is 0 Å². The summed E-state index contributed by atoms with van der Waals surface area (Å²) < 4.78 is 0. The van der Waals surface area contributed by atoms with Crippen molar-refractivity contribution in [3.63, 3.8) is 0 Å². The molecule has 2 rings (SSSR count). The summed E-state index contributed by atoms with van der Waals surface area (Å²) in [6.45, 7) is 3.96. The molecule has 0 radical (unpaired) electrons.